The highest BCUT2D eigenvalue weighted by Crippen LogP contribution is 2.42. The van der Waals surface area contributed by atoms with Gasteiger partial charge in [-0.2, -0.15) is 0 Å². The molecule has 1 spiro atoms. The Hall–Kier alpha value is -1.84. The highest BCUT2D eigenvalue weighted by Gasteiger charge is 2.51. The highest BCUT2D eigenvalue weighted by atomic mass is 16.2. The first kappa shape index (κ1) is 15.7. The lowest BCUT2D eigenvalue weighted by Gasteiger charge is -2.24. The summed E-state index contributed by atoms with van der Waals surface area (Å²) < 4.78 is 0. The third kappa shape index (κ3) is 2.94. The number of hydrogen-bond acceptors (Lipinski definition) is 2. The summed E-state index contributed by atoms with van der Waals surface area (Å²) in [5, 5.41) is 0. The number of carbonyl (C=O) groups is 2. The summed E-state index contributed by atoms with van der Waals surface area (Å²) in [4.78, 5) is 29.3. The van der Waals surface area contributed by atoms with Gasteiger partial charge in [0.25, 0.3) is 0 Å². The predicted octanol–water partition coefficient (Wildman–Crippen LogP) is 2.75. The van der Waals surface area contributed by atoms with Gasteiger partial charge >= 0.3 is 0 Å². The van der Waals surface area contributed by atoms with E-state index in [-0.39, 0.29) is 17.2 Å². The molecule has 4 rings (SSSR count). The Morgan fingerprint density at radius 3 is 2.79 bits per heavy atom. The highest BCUT2D eigenvalue weighted by molar-refractivity contribution is 5.87. The molecule has 1 aromatic carbocycles. The first-order chi connectivity index (χ1) is 11.6. The molecule has 4 heteroatoms. The quantitative estimate of drug-likeness (QED) is 0.853. The fourth-order valence-electron chi connectivity index (χ4n) is 4.24. The van der Waals surface area contributed by atoms with Crippen molar-refractivity contribution in [1.29, 1.82) is 0 Å². The topological polar surface area (TPSA) is 40.6 Å². The third-order valence-electron chi connectivity index (χ3n) is 5.92. The molecule has 0 N–H and O–H groups in total. The van der Waals surface area contributed by atoms with Gasteiger partial charge in [-0.3, -0.25) is 9.59 Å². The molecule has 24 heavy (non-hydrogen) atoms. The third-order valence-corrected chi connectivity index (χ3v) is 5.92. The van der Waals surface area contributed by atoms with Crippen molar-refractivity contribution >= 4 is 11.8 Å². The van der Waals surface area contributed by atoms with Crippen LogP contribution in [0.15, 0.2) is 24.3 Å². The number of nitrogens with zero attached hydrogens (tertiary/aromatic N) is 2. The molecule has 2 amide bonds. The van der Waals surface area contributed by atoms with Crippen molar-refractivity contribution in [2.24, 2.45) is 11.3 Å². The van der Waals surface area contributed by atoms with Crippen LogP contribution >= 0.6 is 0 Å². The van der Waals surface area contributed by atoms with E-state index in [0.29, 0.717) is 25.4 Å². The van der Waals surface area contributed by atoms with Crippen molar-refractivity contribution in [3.05, 3.63) is 35.4 Å². The van der Waals surface area contributed by atoms with Crippen LogP contribution in [0.2, 0.25) is 0 Å². The summed E-state index contributed by atoms with van der Waals surface area (Å²) in [5.74, 6) is 1.14. The van der Waals surface area contributed by atoms with Crippen LogP contribution in [-0.4, -0.2) is 41.2 Å². The average molecular weight is 326 g/mol. The molecule has 1 saturated carbocycles. The van der Waals surface area contributed by atoms with E-state index in [1.54, 1.807) is 0 Å². The molecule has 0 radical (unpaired) electrons. The van der Waals surface area contributed by atoms with E-state index >= 15 is 0 Å². The summed E-state index contributed by atoms with van der Waals surface area (Å²) in [5.41, 5.74) is 2.12. The monoisotopic (exact) mass is 326 g/mol. The smallest absolute Gasteiger partial charge is 0.231 e. The Bertz CT molecular complexity index is 667. The van der Waals surface area contributed by atoms with Crippen molar-refractivity contribution in [2.45, 2.75) is 45.6 Å². The van der Waals surface area contributed by atoms with Gasteiger partial charge in [-0.15, -0.1) is 0 Å². The zero-order valence-electron chi connectivity index (χ0n) is 14.5. The maximum atomic E-state index is 13.0. The number of rotatable bonds is 4. The van der Waals surface area contributed by atoms with Crippen molar-refractivity contribution in [1.82, 2.24) is 9.80 Å². The van der Waals surface area contributed by atoms with Crippen LogP contribution in [0.4, 0.5) is 0 Å². The molecule has 2 saturated heterocycles. The second-order valence-electron chi connectivity index (χ2n) is 7.96. The van der Waals surface area contributed by atoms with E-state index in [0.717, 1.165) is 25.9 Å². The average Bonchev–Trinajstić information content (AvgIpc) is 3.18. The minimum atomic E-state index is -0.303. The first-order valence-corrected chi connectivity index (χ1v) is 9.18. The second kappa shape index (κ2) is 5.91. The van der Waals surface area contributed by atoms with Crippen LogP contribution in [0, 0.1) is 18.3 Å². The van der Waals surface area contributed by atoms with Crippen LogP contribution in [-0.2, 0) is 16.1 Å². The van der Waals surface area contributed by atoms with Crippen molar-refractivity contribution in [2.75, 3.05) is 19.6 Å². The largest absolute Gasteiger partial charge is 0.342 e. The molecule has 0 bridgehead atoms. The van der Waals surface area contributed by atoms with Crippen LogP contribution < -0.4 is 0 Å². The summed E-state index contributed by atoms with van der Waals surface area (Å²) >= 11 is 0. The van der Waals surface area contributed by atoms with Crippen LogP contribution in [0.1, 0.15) is 43.2 Å². The molecule has 3 aliphatic rings. The zero-order valence-corrected chi connectivity index (χ0v) is 14.5. The van der Waals surface area contributed by atoms with E-state index in [1.807, 2.05) is 9.80 Å². The van der Waals surface area contributed by atoms with E-state index in [2.05, 4.69) is 31.2 Å². The van der Waals surface area contributed by atoms with Crippen molar-refractivity contribution in [3.63, 3.8) is 0 Å². The molecule has 4 nitrogen and oxygen atoms in total. The predicted molar refractivity (Wildman–Crippen MR) is 92.2 cm³/mol. The summed E-state index contributed by atoms with van der Waals surface area (Å²) in [7, 11) is 0. The Labute approximate surface area is 143 Å². The van der Waals surface area contributed by atoms with Gasteiger partial charge in [0.15, 0.2) is 0 Å². The van der Waals surface area contributed by atoms with Gasteiger partial charge in [0, 0.05) is 32.6 Å². The van der Waals surface area contributed by atoms with Gasteiger partial charge in [0.1, 0.15) is 0 Å². The number of hydrogen-bond donors (Lipinski definition) is 0. The van der Waals surface area contributed by atoms with E-state index in [1.165, 1.54) is 24.0 Å². The summed E-state index contributed by atoms with van der Waals surface area (Å²) in [6.45, 7) is 4.99. The van der Waals surface area contributed by atoms with Gasteiger partial charge < -0.3 is 9.80 Å². The first-order valence-electron chi connectivity index (χ1n) is 9.18. The second-order valence-corrected chi connectivity index (χ2v) is 7.96. The molecule has 128 valence electrons. The lowest BCUT2D eigenvalue weighted by atomic mass is 9.85. The molecule has 1 atom stereocenters. The summed E-state index contributed by atoms with van der Waals surface area (Å²) in [6, 6.07) is 8.37. The Morgan fingerprint density at radius 1 is 1.25 bits per heavy atom. The minimum absolute atomic E-state index is 0.255. The SMILES string of the molecule is Cc1cccc(CN2CC[C@@]3(CCN(C(=O)CC4CC4)C3)C2=O)c1. The normalized spacial score (nSPS) is 26.6. The molecule has 1 aromatic rings. The maximum Gasteiger partial charge on any atom is 0.231 e. The fraction of sp³-hybridized carbons (Fsp3) is 0.600. The minimum Gasteiger partial charge on any atom is -0.342 e. The number of aryl methyl sites for hydroxylation is 1. The molecule has 3 fully saturated rings. The van der Waals surface area contributed by atoms with E-state index < -0.39 is 0 Å². The van der Waals surface area contributed by atoms with Crippen LogP contribution in [0.3, 0.4) is 0 Å². The molecule has 2 heterocycles. The molecule has 2 aliphatic heterocycles. The standard InChI is InChI=1S/C20H26N2O2/c1-15-3-2-4-17(11-15)13-21-9-7-20(19(21)24)8-10-22(14-20)18(23)12-16-5-6-16/h2-4,11,16H,5-10,12-14H2,1H3/t20-/m0/s1. The Balaban J connectivity index is 1.40. The molecular weight excluding hydrogens is 300 g/mol. The molecule has 0 aromatic heterocycles. The van der Waals surface area contributed by atoms with E-state index in [4.69, 9.17) is 0 Å². The summed E-state index contributed by atoms with van der Waals surface area (Å²) in [6.07, 6.45) is 4.83. The Morgan fingerprint density at radius 2 is 2.04 bits per heavy atom. The van der Waals surface area contributed by atoms with Gasteiger partial charge in [-0.05, 0) is 44.1 Å². The maximum absolute atomic E-state index is 13.0. The molecule has 0 unspecified atom stereocenters. The van der Waals surface area contributed by atoms with Crippen LogP contribution in [0.25, 0.3) is 0 Å². The number of amides is 2. The zero-order chi connectivity index (χ0) is 16.7. The number of likely N-dealkylation sites (tertiary alicyclic amines) is 2. The molecular formula is C20H26N2O2. The van der Waals surface area contributed by atoms with Gasteiger partial charge in [0.05, 0.1) is 5.41 Å². The molecule has 1 aliphatic carbocycles. The van der Waals surface area contributed by atoms with Gasteiger partial charge in [0.2, 0.25) is 11.8 Å². The van der Waals surface area contributed by atoms with Gasteiger partial charge in [-0.25, -0.2) is 0 Å². The van der Waals surface area contributed by atoms with Crippen molar-refractivity contribution in [3.8, 4) is 0 Å². The van der Waals surface area contributed by atoms with Crippen LogP contribution in [0.5, 0.6) is 0 Å². The Kier molecular flexibility index (Phi) is 3.86. The fourth-order valence-corrected chi connectivity index (χ4v) is 4.24. The lowest BCUT2D eigenvalue weighted by molar-refractivity contribution is -0.137. The number of carbonyl (C=O) groups excluding carboxylic acids is 2. The van der Waals surface area contributed by atoms with Gasteiger partial charge in [-0.1, -0.05) is 29.8 Å². The lowest BCUT2D eigenvalue weighted by Crippen LogP contribution is -2.38. The van der Waals surface area contributed by atoms with E-state index in [9.17, 15) is 9.59 Å². The number of benzene rings is 1. The van der Waals surface area contributed by atoms with Crippen molar-refractivity contribution < 1.29 is 9.59 Å².